The fraction of sp³-hybridized carbons (Fsp3) is 0.286. The van der Waals surface area contributed by atoms with E-state index in [1.165, 1.54) is 31.8 Å². The van der Waals surface area contributed by atoms with Crippen LogP contribution >= 0.6 is 27.3 Å². The monoisotopic (exact) mass is 613 g/mol. The van der Waals surface area contributed by atoms with Gasteiger partial charge in [-0.2, -0.15) is 5.10 Å². The Morgan fingerprint density at radius 3 is 2.64 bits per heavy atom. The number of ether oxygens (including phenoxy) is 3. The molecule has 1 aromatic heterocycles. The van der Waals surface area contributed by atoms with Gasteiger partial charge in [-0.1, -0.05) is 29.8 Å². The molecule has 3 aromatic rings. The number of esters is 1. The van der Waals surface area contributed by atoms with Gasteiger partial charge >= 0.3 is 17.8 Å². The Labute approximate surface area is 238 Å². The lowest BCUT2D eigenvalue weighted by Crippen LogP contribution is -2.32. The molecule has 0 saturated heterocycles. The van der Waals surface area contributed by atoms with Crippen molar-refractivity contribution in [3.05, 3.63) is 73.6 Å². The number of nitrogens with zero attached hydrogens (tertiary/aromatic N) is 1. The summed E-state index contributed by atoms with van der Waals surface area (Å²) in [6.45, 7) is 2.38. The van der Waals surface area contributed by atoms with E-state index < -0.39 is 17.8 Å². The Hall–Kier alpha value is -3.70. The minimum absolute atomic E-state index is 0.313. The third kappa shape index (κ3) is 6.85. The Balaban J connectivity index is 1.40. The number of carbonyl (C=O) groups excluding carboxylic acids is 3. The van der Waals surface area contributed by atoms with Gasteiger partial charge in [0, 0.05) is 4.88 Å². The molecular formula is C28H28BrN3O6S. The zero-order valence-corrected chi connectivity index (χ0v) is 24.2. The highest BCUT2D eigenvalue weighted by Gasteiger charge is 2.28. The Morgan fingerprint density at radius 1 is 1.10 bits per heavy atom. The minimum Gasteiger partial charge on any atom is -0.493 e. The summed E-state index contributed by atoms with van der Waals surface area (Å²) in [7, 11) is 2.82. The summed E-state index contributed by atoms with van der Waals surface area (Å²) < 4.78 is 17.0. The molecule has 204 valence electrons. The molecule has 9 nitrogen and oxygen atoms in total. The second kappa shape index (κ2) is 12.9. The number of hydrazone groups is 1. The summed E-state index contributed by atoms with van der Waals surface area (Å²) in [4.78, 5) is 38.4. The number of hydrogen-bond acceptors (Lipinski definition) is 8. The molecule has 39 heavy (non-hydrogen) atoms. The zero-order chi connectivity index (χ0) is 27.9. The van der Waals surface area contributed by atoms with Gasteiger partial charge in [0.25, 0.3) is 0 Å². The first-order chi connectivity index (χ1) is 18.8. The molecule has 4 rings (SSSR count). The maximum Gasteiger partial charge on any atom is 0.341 e. The van der Waals surface area contributed by atoms with Crippen molar-refractivity contribution < 1.29 is 28.6 Å². The van der Waals surface area contributed by atoms with Gasteiger partial charge in [-0.05, 0) is 77.4 Å². The number of hydrogen-bond donors (Lipinski definition) is 2. The van der Waals surface area contributed by atoms with E-state index in [0.717, 1.165) is 47.3 Å². The van der Waals surface area contributed by atoms with E-state index in [9.17, 15) is 14.4 Å². The number of anilines is 1. The predicted molar refractivity (Wildman–Crippen MR) is 153 cm³/mol. The van der Waals surface area contributed by atoms with Gasteiger partial charge in [-0.15, -0.1) is 11.3 Å². The lowest BCUT2D eigenvalue weighted by Gasteiger charge is -2.14. The van der Waals surface area contributed by atoms with Crippen LogP contribution in [0.2, 0.25) is 0 Å². The second-order valence-electron chi connectivity index (χ2n) is 8.87. The lowest BCUT2D eigenvalue weighted by molar-refractivity contribution is -0.136. The van der Waals surface area contributed by atoms with Crippen molar-refractivity contribution in [1.29, 1.82) is 0 Å². The van der Waals surface area contributed by atoms with Crippen molar-refractivity contribution >= 4 is 56.3 Å². The number of methoxy groups -OCH3 is 2. The average Bonchev–Trinajstić information content (AvgIpc) is 3.29. The van der Waals surface area contributed by atoms with Crippen LogP contribution in [0.3, 0.4) is 0 Å². The SMILES string of the molecule is COC(=O)c1c(NC(=O)C(=O)NN=Cc2cc(Br)c(OCc3cccc(C)c3)c(OC)c2)sc2c1CCCC2. The molecule has 0 spiro atoms. The number of rotatable bonds is 8. The van der Waals surface area contributed by atoms with Crippen molar-refractivity contribution in [3.8, 4) is 11.5 Å². The Bertz CT molecular complexity index is 1430. The van der Waals surface area contributed by atoms with Gasteiger partial charge in [-0.3, -0.25) is 9.59 Å². The van der Waals surface area contributed by atoms with Crippen LogP contribution in [0.4, 0.5) is 5.00 Å². The molecular weight excluding hydrogens is 586 g/mol. The number of amides is 2. The predicted octanol–water partition coefficient (Wildman–Crippen LogP) is 5.16. The van der Waals surface area contributed by atoms with E-state index in [1.54, 1.807) is 12.1 Å². The molecule has 0 atom stereocenters. The number of benzene rings is 2. The molecule has 2 N–H and O–H groups in total. The maximum absolute atomic E-state index is 12.6. The fourth-order valence-corrected chi connectivity index (χ4v) is 6.11. The molecule has 0 radical (unpaired) electrons. The summed E-state index contributed by atoms with van der Waals surface area (Å²) in [5.74, 6) is -1.44. The van der Waals surface area contributed by atoms with Crippen molar-refractivity contribution in [2.75, 3.05) is 19.5 Å². The highest BCUT2D eigenvalue weighted by Crippen LogP contribution is 2.39. The molecule has 0 saturated carbocycles. The summed E-state index contributed by atoms with van der Waals surface area (Å²) in [6, 6.07) is 11.5. The van der Waals surface area contributed by atoms with Crippen molar-refractivity contribution in [1.82, 2.24) is 5.43 Å². The van der Waals surface area contributed by atoms with E-state index in [-0.39, 0.29) is 0 Å². The molecule has 0 bridgehead atoms. The molecule has 11 heteroatoms. The van der Waals surface area contributed by atoms with Crippen LogP contribution in [0.15, 0.2) is 46.0 Å². The summed E-state index contributed by atoms with van der Waals surface area (Å²) in [6.07, 6.45) is 4.91. The van der Waals surface area contributed by atoms with E-state index in [2.05, 4.69) is 31.8 Å². The molecule has 2 aromatic carbocycles. The largest absolute Gasteiger partial charge is 0.493 e. The summed E-state index contributed by atoms with van der Waals surface area (Å²) >= 11 is 4.80. The highest BCUT2D eigenvalue weighted by molar-refractivity contribution is 9.10. The van der Waals surface area contributed by atoms with Gasteiger partial charge in [0.15, 0.2) is 11.5 Å². The fourth-order valence-electron chi connectivity index (χ4n) is 4.26. The van der Waals surface area contributed by atoms with Crippen molar-refractivity contribution in [2.24, 2.45) is 5.10 Å². The maximum atomic E-state index is 12.6. The van der Waals surface area contributed by atoms with Crippen LogP contribution in [0, 0.1) is 6.92 Å². The van der Waals surface area contributed by atoms with E-state index in [1.807, 2.05) is 31.2 Å². The smallest absolute Gasteiger partial charge is 0.341 e. The van der Waals surface area contributed by atoms with Gasteiger partial charge in [0.1, 0.15) is 11.6 Å². The van der Waals surface area contributed by atoms with Gasteiger partial charge in [-0.25, -0.2) is 10.2 Å². The minimum atomic E-state index is -0.974. The first kappa shape index (κ1) is 28.3. The molecule has 0 aliphatic heterocycles. The number of thiophene rings is 1. The lowest BCUT2D eigenvalue weighted by atomic mass is 9.95. The molecule has 2 amide bonds. The average molecular weight is 615 g/mol. The third-order valence-electron chi connectivity index (χ3n) is 6.09. The zero-order valence-electron chi connectivity index (χ0n) is 21.8. The van der Waals surface area contributed by atoms with Crippen LogP contribution in [0.1, 0.15) is 50.3 Å². The first-order valence-electron chi connectivity index (χ1n) is 12.2. The summed E-state index contributed by atoms with van der Waals surface area (Å²) in [5.41, 5.74) is 6.19. The quantitative estimate of drug-likeness (QED) is 0.157. The third-order valence-corrected chi connectivity index (χ3v) is 7.89. The van der Waals surface area contributed by atoms with Gasteiger partial charge in [0.2, 0.25) is 0 Å². The topological polar surface area (TPSA) is 115 Å². The number of carbonyl (C=O) groups is 3. The molecule has 0 fully saturated rings. The van der Waals surface area contributed by atoms with E-state index in [4.69, 9.17) is 14.2 Å². The molecule has 1 heterocycles. The van der Waals surface area contributed by atoms with E-state index >= 15 is 0 Å². The highest BCUT2D eigenvalue weighted by atomic mass is 79.9. The van der Waals surface area contributed by atoms with Crippen molar-refractivity contribution in [3.63, 3.8) is 0 Å². The number of aryl methyl sites for hydroxylation is 2. The van der Waals surface area contributed by atoms with E-state index in [0.29, 0.717) is 38.7 Å². The van der Waals surface area contributed by atoms with Crippen molar-refractivity contribution in [2.45, 2.75) is 39.2 Å². The van der Waals surface area contributed by atoms with Crippen LogP contribution in [0.5, 0.6) is 11.5 Å². The van der Waals surface area contributed by atoms with Crippen LogP contribution in [0.25, 0.3) is 0 Å². The number of fused-ring (bicyclic) bond motifs is 1. The van der Waals surface area contributed by atoms with Crippen LogP contribution < -0.4 is 20.2 Å². The number of halogens is 1. The van der Waals surface area contributed by atoms with Gasteiger partial charge in [0.05, 0.1) is 30.5 Å². The van der Waals surface area contributed by atoms with Crippen LogP contribution in [-0.2, 0) is 33.8 Å². The summed E-state index contributed by atoms with van der Waals surface area (Å²) in [5, 5.41) is 6.76. The normalized spacial score (nSPS) is 12.5. The number of nitrogens with one attached hydrogen (secondary N) is 2. The van der Waals surface area contributed by atoms with Crippen LogP contribution in [-0.4, -0.2) is 38.2 Å². The first-order valence-corrected chi connectivity index (χ1v) is 13.8. The molecule has 1 aliphatic rings. The standard InChI is InChI=1S/C28H28BrN3O6S/c1-16-7-6-8-17(11-16)15-38-24-20(29)12-18(13-21(24)36-2)14-30-32-26(34)25(33)31-27-23(28(35)37-3)19-9-4-5-10-22(19)39-27/h6-8,11-14H,4-5,9-10,15H2,1-3H3,(H,31,33)(H,32,34). The molecule has 1 aliphatic carbocycles. The Kier molecular flexibility index (Phi) is 9.36. The Morgan fingerprint density at radius 2 is 1.90 bits per heavy atom. The second-order valence-corrected chi connectivity index (χ2v) is 10.8. The molecule has 0 unspecified atom stereocenters. The van der Waals surface area contributed by atoms with Gasteiger partial charge < -0.3 is 19.5 Å².